The summed E-state index contributed by atoms with van der Waals surface area (Å²) in [6.45, 7) is 6.58. The Morgan fingerprint density at radius 1 is 1.08 bits per heavy atom. The number of rotatable bonds is 6. The Balaban J connectivity index is 1.51. The first kappa shape index (κ1) is 16.9. The Morgan fingerprint density at radius 3 is 2.38 bits per heavy atom. The zero-order chi connectivity index (χ0) is 17.0. The first-order valence-electron chi connectivity index (χ1n) is 8.45. The number of hydrogen-bond acceptors (Lipinski definition) is 3. The summed E-state index contributed by atoms with van der Waals surface area (Å²) in [6.07, 6.45) is 1.17. The minimum atomic E-state index is -0.226. The predicted molar refractivity (Wildman–Crippen MR) is 94.2 cm³/mol. The van der Waals surface area contributed by atoms with Gasteiger partial charge in [-0.05, 0) is 60.3 Å². The summed E-state index contributed by atoms with van der Waals surface area (Å²) in [7, 11) is 0. The van der Waals surface area contributed by atoms with E-state index in [0.717, 1.165) is 37.5 Å². The fourth-order valence-corrected chi connectivity index (χ4v) is 3.12. The average Bonchev–Trinajstić information content (AvgIpc) is 2.97. The molecule has 2 aromatic rings. The minimum Gasteiger partial charge on any atom is -0.489 e. The maximum Gasteiger partial charge on any atom is 0.123 e. The van der Waals surface area contributed by atoms with E-state index in [1.165, 1.54) is 24.1 Å². The van der Waals surface area contributed by atoms with Crippen LogP contribution in [0.2, 0.25) is 0 Å². The smallest absolute Gasteiger partial charge is 0.123 e. The van der Waals surface area contributed by atoms with E-state index in [9.17, 15) is 4.39 Å². The van der Waals surface area contributed by atoms with E-state index in [1.54, 1.807) is 12.1 Å². The van der Waals surface area contributed by atoms with Crippen LogP contribution >= 0.6 is 0 Å². The van der Waals surface area contributed by atoms with E-state index in [1.807, 2.05) is 12.1 Å². The van der Waals surface area contributed by atoms with Gasteiger partial charge >= 0.3 is 0 Å². The van der Waals surface area contributed by atoms with Crippen LogP contribution in [0.3, 0.4) is 0 Å². The molecule has 1 fully saturated rings. The van der Waals surface area contributed by atoms with Gasteiger partial charge in [-0.15, -0.1) is 0 Å². The summed E-state index contributed by atoms with van der Waals surface area (Å²) in [5.41, 5.74) is 8.37. The van der Waals surface area contributed by atoms with Gasteiger partial charge in [0.15, 0.2) is 0 Å². The average molecular weight is 328 g/mol. The van der Waals surface area contributed by atoms with Gasteiger partial charge in [-0.3, -0.25) is 4.90 Å². The Bertz CT molecular complexity index is 656. The molecule has 3 nitrogen and oxygen atoms in total. The highest BCUT2D eigenvalue weighted by molar-refractivity contribution is 5.28. The first-order valence-corrected chi connectivity index (χ1v) is 8.45. The number of halogens is 1. The van der Waals surface area contributed by atoms with Crippen molar-refractivity contribution in [1.29, 1.82) is 0 Å². The molecule has 24 heavy (non-hydrogen) atoms. The van der Waals surface area contributed by atoms with Crippen LogP contribution in [0.4, 0.5) is 4.39 Å². The molecule has 128 valence electrons. The zero-order valence-electron chi connectivity index (χ0n) is 14.2. The van der Waals surface area contributed by atoms with Crippen molar-refractivity contribution in [3.63, 3.8) is 0 Å². The largest absolute Gasteiger partial charge is 0.489 e. The SMILES string of the molecule is CC1(CN)CCN(Cc2ccc(OCc3ccc(F)cc3)cc2)C1. The van der Waals surface area contributed by atoms with Crippen molar-refractivity contribution in [1.82, 2.24) is 4.90 Å². The van der Waals surface area contributed by atoms with Crippen LogP contribution < -0.4 is 10.5 Å². The molecule has 1 heterocycles. The molecule has 0 amide bonds. The number of benzene rings is 2. The molecule has 3 rings (SSSR count). The van der Waals surface area contributed by atoms with Gasteiger partial charge in [0.1, 0.15) is 18.2 Å². The molecule has 1 saturated heterocycles. The van der Waals surface area contributed by atoms with Crippen LogP contribution in [-0.4, -0.2) is 24.5 Å². The first-order chi connectivity index (χ1) is 11.6. The molecule has 0 spiro atoms. The van der Waals surface area contributed by atoms with Crippen molar-refractivity contribution >= 4 is 0 Å². The molecule has 2 N–H and O–H groups in total. The highest BCUT2D eigenvalue weighted by atomic mass is 19.1. The third kappa shape index (κ3) is 4.34. The van der Waals surface area contributed by atoms with Gasteiger partial charge < -0.3 is 10.5 Å². The minimum absolute atomic E-state index is 0.226. The molecule has 1 unspecified atom stereocenters. The van der Waals surface area contributed by atoms with Gasteiger partial charge in [-0.1, -0.05) is 31.2 Å². The Labute approximate surface area is 143 Å². The molecule has 0 bridgehead atoms. The Hall–Kier alpha value is -1.91. The van der Waals surface area contributed by atoms with Crippen molar-refractivity contribution in [2.24, 2.45) is 11.1 Å². The molecule has 0 aliphatic carbocycles. The number of ether oxygens (including phenoxy) is 1. The summed E-state index contributed by atoms with van der Waals surface area (Å²) in [6, 6.07) is 14.6. The van der Waals surface area contributed by atoms with E-state index in [0.29, 0.717) is 6.61 Å². The topological polar surface area (TPSA) is 38.5 Å². The quantitative estimate of drug-likeness (QED) is 0.881. The summed E-state index contributed by atoms with van der Waals surface area (Å²) in [5, 5.41) is 0. The van der Waals surface area contributed by atoms with Gasteiger partial charge in [-0.2, -0.15) is 0 Å². The van der Waals surface area contributed by atoms with Gasteiger partial charge in [0, 0.05) is 13.1 Å². The fourth-order valence-electron chi connectivity index (χ4n) is 3.12. The van der Waals surface area contributed by atoms with Gasteiger partial charge in [0.05, 0.1) is 0 Å². The molecule has 1 aliphatic heterocycles. The van der Waals surface area contributed by atoms with Crippen LogP contribution in [0.5, 0.6) is 5.75 Å². The second-order valence-corrected chi connectivity index (χ2v) is 7.03. The van der Waals surface area contributed by atoms with E-state index in [2.05, 4.69) is 24.0 Å². The number of nitrogens with two attached hydrogens (primary N) is 1. The van der Waals surface area contributed by atoms with E-state index < -0.39 is 0 Å². The van der Waals surface area contributed by atoms with Crippen molar-refractivity contribution < 1.29 is 9.13 Å². The Kier molecular flexibility index (Phi) is 5.17. The van der Waals surface area contributed by atoms with E-state index in [4.69, 9.17) is 10.5 Å². The monoisotopic (exact) mass is 328 g/mol. The standard InChI is InChI=1S/C20H25FN2O/c1-20(14-22)10-11-23(15-20)12-16-4-8-19(9-5-16)24-13-17-2-6-18(21)7-3-17/h2-9H,10-15,22H2,1H3. The molecule has 1 atom stereocenters. The number of hydrogen-bond donors (Lipinski definition) is 1. The molecule has 0 aromatic heterocycles. The maximum absolute atomic E-state index is 12.9. The molecule has 1 aliphatic rings. The van der Waals surface area contributed by atoms with Crippen LogP contribution in [-0.2, 0) is 13.2 Å². The van der Waals surface area contributed by atoms with Crippen LogP contribution in [0.15, 0.2) is 48.5 Å². The van der Waals surface area contributed by atoms with Gasteiger partial charge in [-0.25, -0.2) is 4.39 Å². The van der Waals surface area contributed by atoms with Crippen LogP contribution in [0.1, 0.15) is 24.5 Å². The van der Waals surface area contributed by atoms with Crippen molar-refractivity contribution in [2.75, 3.05) is 19.6 Å². The maximum atomic E-state index is 12.9. The van der Waals surface area contributed by atoms with Crippen molar-refractivity contribution in [3.05, 3.63) is 65.5 Å². The number of likely N-dealkylation sites (tertiary alicyclic amines) is 1. The van der Waals surface area contributed by atoms with E-state index >= 15 is 0 Å². The lowest BCUT2D eigenvalue weighted by Gasteiger charge is -2.22. The highest BCUT2D eigenvalue weighted by Gasteiger charge is 2.32. The fraction of sp³-hybridized carbons (Fsp3) is 0.400. The summed E-state index contributed by atoms with van der Waals surface area (Å²) in [4.78, 5) is 2.46. The van der Waals surface area contributed by atoms with Crippen molar-refractivity contribution in [3.8, 4) is 5.75 Å². The lowest BCUT2D eigenvalue weighted by molar-refractivity contribution is 0.274. The normalized spacial score (nSPS) is 21.1. The van der Waals surface area contributed by atoms with Crippen LogP contribution in [0.25, 0.3) is 0 Å². The van der Waals surface area contributed by atoms with Crippen molar-refractivity contribution in [2.45, 2.75) is 26.5 Å². The predicted octanol–water partition coefficient (Wildman–Crippen LogP) is 3.58. The molecule has 0 saturated carbocycles. The van der Waals surface area contributed by atoms with Gasteiger partial charge in [0.2, 0.25) is 0 Å². The third-order valence-electron chi connectivity index (χ3n) is 4.78. The highest BCUT2D eigenvalue weighted by Crippen LogP contribution is 2.29. The molecular formula is C20H25FN2O. The summed E-state index contributed by atoms with van der Waals surface area (Å²) >= 11 is 0. The second kappa shape index (κ2) is 7.32. The Morgan fingerprint density at radius 2 is 1.75 bits per heavy atom. The second-order valence-electron chi connectivity index (χ2n) is 7.03. The van der Waals surface area contributed by atoms with E-state index in [-0.39, 0.29) is 11.2 Å². The van der Waals surface area contributed by atoms with Gasteiger partial charge in [0.25, 0.3) is 0 Å². The lowest BCUT2D eigenvalue weighted by atomic mass is 9.90. The summed E-state index contributed by atoms with van der Waals surface area (Å²) in [5.74, 6) is 0.604. The summed E-state index contributed by atoms with van der Waals surface area (Å²) < 4.78 is 18.6. The van der Waals surface area contributed by atoms with Crippen LogP contribution in [0, 0.1) is 11.2 Å². The number of nitrogens with zero attached hydrogens (tertiary/aromatic N) is 1. The molecule has 0 radical (unpaired) electrons. The molecular weight excluding hydrogens is 303 g/mol. The third-order valence-corrected chi connectivity index (χ3v) is 4.78. The lowest BCUT2D eigenvalue weighted by Crippen LogP contribution is -2.31. The molecule has 4 heteroatoms. The zero-order valence-corrected chi connectivity index (χ0v) is 14.2. The molecule has 2 aromatic carbocycles.